The summed E-state index contributed by atoms with van der Waals surface area (Å²) in [6.45, 7) is 0.296. The lowest BCUT2D eigenvalue weighted by Gasteiger charge is -2.13. The van der Waals surface area contributed by atoms with Crippen LogP contribution in [0.15, 0.2) is 54.6 Å². The predicted molar refractivity (Wildman–Crippen MR) is 121 cm³/mol. The van der Waals surface area contributed by atoms with Crippen LogP contribution in [-0.2, 0) is 17.8 Å². The average Bonchev–Trinajstić information content (AvgIpc) is 3.21. The lowest BCUT2D eigenvalue weighted by Crippen LogP contribution is -1.99. The van der Waals surface area contributed by atoms with Gasteiger partial charge in [-0.2, -0.15) is 0 Å². The van der Waals surface area contributed by atoms with E-state index >= 15 is 0 Å². The molecule has 0 aliphatic carbocycles. The highest BCUT2D eigenvalue weighted by molar-refractivity contribution is 6.31. The van der Waals surface area contributed by atoms with Gasteiger partial charge in [-0.25, -0.2) is 4.79 Å². The molecule has 32 heavy (non-hydrogen) atoms. The van der Waals surface area contributed by atoms with Gasteiger partial charge in [0.15, 0.2) is 11.5 Å². The topological polar surface area (TPSA) is 85.2 Å². The number of hydrogen-bond donors (Lipinski definition) is 2. The van der Waals surface area contributed by atoms with Crippen molar-refractivity contribution in [1.82, 2.24) is 0 Å². The minimum absolute atomic E-state index is 0.0975. The fourth-order valence-corrected chi connectivity index (χ4v) is 3.67. The van der Waals surface area contributed by atoms with Gasteiger partial charge in [0.1, 0.15) is 18.1 Å². The average molecular weight is 473 g/mol. The SMILES string of the molecule is O=C(O)/C=C/c1ccc(OCc2cc(O)ccc2Cl)cc1Cc1cc2c(cc1Cl)OCO2. The summed E-state index contributed by atoms with van der Waals surface area (Å²) < 4.78 is 16.7. The highest BCUT2D eigenvalue weighted by Gasteiger charge is 2.17. The molecule has 1 aliphatic heterocycles. The number of carboxylic acids is 1. The first-order chi connectivity index (χ1) is 15.4. The summed E-state index contributed by atoms with van der Waals surface area (Å²) in [7, 11) is 0. The first-order valence-corrected chi connectivity index (χ1v) is 10.4. The molecule has 1 aliphatic rings. The maximum atomic E-state index is 11.0. The van der Waals surface area contributed by atoms with E-state index in [1.54, 1.807) is 30.3 Å². The quantitative estimate of drug-likeness (QED) is 0.429. The monoisotopic (exact) mass is 472 g/mol. The number of aromatic hydroxyl groups is 1. The molecule has 1 heterocycles. The molecular weight excluding hydrogens is 455 g/mol. The van der Waals surface area contributed by atoms with Crippen LogP contribution in [0.2, 0.25) is 10.0 Å². The molecule has 0 aromatic heterocycles. The van der Waals surface area contributed by atoms with E-state index in [0.717, 1.165) is 17.2 Å². The zero-order chi connectivity index (χ0) is 22.7. The molecule has 0 saturated heterocycles. The van der Waals surface area contributed by atoms with Crippen LogP contribution >= 0.6 is 23.2 Å². The van der Waals surface area contributed by atoms with Crippen LogP contribution in [0, 0.1) is 0 Å². The third kappa shape index (κ3) is 5.10. The van der Waals surface area contributed by atoms with Crippen molar-refractivity contribution in [1.29, 1.82) is 0 Å². The Labute approximate surface area is 194 Å². The highest BCUT2D eigenvalue weighted by atomic mass is 35.5. The number of fused-ring (bicyclic) bond motifs is 1. The lowest BCUT2D eigenvalue weighted by molar-refractivity contribution is -0.131. The van der Waals surface area contributed by atoms with Gasteiger partial charge in [-0.15, -0.1) is 0 Å². The van der Waals surface area contributed by atoms with Crippen molar-refractivity contribution in [2.75, 3.05) is 6.79 Å². The minimum atomic E-state index is -1.05. The van der Waals surface area contributed by atoms with Crippen molar-refractivity contribution in [2.45, 2.75) is 13.0 Å². The fraction of sp³-hybridized carbons (Fsp3) is 0.125. The zero-order valence-electron chi connectivity index (χ0n) is 16.7. The Morgan fingerprint density at radius 2 is 1.75 bits per heavy atom. The maximum absolute atomic E-state index is 11.0. The molecule has 3 aromatic rings. The van der Waals surface area contributed by atoms with E-state index < -0.39 is 5.97 Å². The van der Waals surface area contributed by atoms with Crippen LogP contribution in [0.1, 0.15) is 22.3 Å². The Balaban J connectivity index is 1.62. The second-order valence-electron chi connectivity index (χ2n) is 7.07. The normalized spacial score (nSPS) is 12.3. The smallest absolute Gasteiger partial charge is 0.328 e. The second kappa shape index (κ2) is 9.42. The van der Waals surface area contributed by atoms with Crippen molar-refractivity contribution in [3.63, 3.8) is 0 Å². The summed E-state index contributed by atoms with van der Waals surface area (Å²) in [4.78, 5) is 11.0. The van der Waals surface area contributed by atoms with Crippen molar-refractivity contribution in [3.05, 3.63) is 86.9 Å². The molecule has 6 nitrogen and oxygen atoms in total. The number of carboxylic acid groups (broad SMARTS) is 1. The third-order valence-electron chi connectivity index (χ3n) is 4.87. The number of phenolic OH excluding ortho intramolecular Hbond substituents is 1. The molecule has 164 valence electrons. The Hall–Kier alpha value is -3.35. The van der Waals surface area contributed by atoms with E-state index in [2.05, 4.69) is 0 Å². The van der Waals surface area contributed by atoms with E-state index in [1.807, 2.05) is 12.1 Å². The van der Waals surface area contributed by atoms with Gasteiger partial charge in [0.25, 0.3) is 0 Å². The molecule has 0 radical (unpaired) electrons. The first-order valence-electron chi connectivity index (χ1n) is 9.61. The standard InChI is InChI=1S/C24H18Cl2O6/c25-20-5-3-18(27)8-17(20)12-30-19-4-1-14(2-6-24(28)29)15(9-19)7-16-10-22-23(11-21(16)26)32-13-31-22/h1-6,8-11,27H,7,12-13H2,(H,28,29)/b6-2+. The zero-order valence-corrected chi connectivity index (χ0v) is 18.2. The van der Waals surface area contributed by atoms with Gasteiger partial charge in [0.2, 0.25) is 6.79 Å². The van der Waals surface area contributed by atoms with Crippen molar-refractivity contribution in [3.8, 4) is 23.0 Å². The van der Waals surface area contributed by atoms with Gasteiger partial charge in [0, 0.05) is 27.8 Å². The number of carbonyl (C=O) groups is 1. The number of rotatable bonds is 7. The lowest BCUT2D eigenvalue weighted by atomic mass is 9.98. The van der Waals surface area contributed by atoms with Crippen molar-refractivity contribution >= 4 is 35.2 Å². The van der Waals surface area contributed by atoms with Gasteiger partial charge in [-0.1, -0.05) is 29.3 Å². The Kier molecular flexibility index (Phi) is 6.44. The molecule has 0 fully saturated rings. The van der Waals surface area contributed by atoms with Gasteiger partial charge >= 0.3 is 5.97 Å². The van der Waals surface area contributed by atoms with Crippen LogP contribution in [0.25, 0.3) is 6.08 Å². The molecule has 2 N–H and O–H groups in total. The number of hydrogen-bond acceptors (Lipinski definition) is 5. The van der Waals surface area contributed by atoms with Gasteiger partial charge in [-0.05, 0) is 65.6 Å². The van der Waals surface area contributed by atoms with Gasteiger partial charge < -0.3 is 24.4 Å². The van der Waals surface area contributed by atoms with Gasteiger partial charge in [-0.3, -0.25) is 0 Å². The first kappa shape index (κ1) is 21.9. The fourth-order valence-electron chi connectivity index (χ4n) is 3.28. The number of benzene rings is 3. The van der Waals surface area contributed by atoms with E-state index in [9.17, 15) is 9.90 Å². The molecule has 0 amide bonds. The minimum Gasteiger partial charge on any atom is -0.508 e. The van der Waals surface area contributed by atoms with Gasteiger partial charge in [0.05, 0.1) is 0 Å². The Morgan fingerprint density at radius 3 is 2.53 bits per heavy atom. The summed E-state index contributed by atoms with van der Waals surface area (Å²) in [5, 5.41) is 19.7. The van der Waals surface area contributed by atoms with E-state index in [0.29, 0.717) is 44.8 Å². The molecular formula is C24H18Cl2O6. The van der Waals surface area contributed by atoms with Crippen LogP contribution in [0.4, 0.5) is 0 Å². The molecule has 0 bridgehead atoms. The summed E-state index contributed by atoms with van der Waals surface area (Å²) in [6, 6.07) is 13.5. The predicted octanol–water partition coefficient (Wildman–Crippen LogP) is 5.70. The van der Waals surface area contributed by atoms with E-state index in [1.165, 1.54) is 12.1 Å². The second-order valence-corrected chi connectivity index (χ2v) is 7.88. The number of ether oxygens (including phenoxy) is 3. The van der Waals surface area contributed by atoms with Crippen LogP contribution < -0.4 is 14.2 Å². The molecule has 0 unspecified atom stereocenters. The number of phenols is 1. The molecule has 0 atom stereocenters. The maximum Gasteiger partial charge on any atom is 0.328 e. The van der Waals surface area contributed by atoms with Crippen molar-refractivity contribution < 1.29 is 29.2 Å². The molecule has 8 heteroatoms. The van der Waals surface area contributed by atoms with Crippen LogP contribution in [0.3, 0.4) is 0 Å². The summed E-state index contributed by atoms with van der Waals surface area (Å²) >= 11 is 12.6. The summed E-state index contributed by atoms with van der Waals surface area (Å²) in [6.07, 6.45) is 3.01. The van der Waals surface area contributed by atoms with Crippen LogP contribution in [0.5, 0.6) is 23.0 Å². The molecule has 3 aromatic carbocycles. The van der Waals surface area contributed by atoms with E-state index in [-0.39, 0.29) is 19.1 Å². The largest absolute Gasteiger partial charge is 0.508 e. The number of halogens is 2. The van der Waals surface area contributed by atoms with Crippen molar-refractivity contribution in [2.24, 2.45) is 0 Å². The summed E-state index contributed by atoms with van der Waals surface area (Å²) in [5.41, 5.74) is 2.96. The number of aliphatic carboxylic acids is 1. The van der Waals surface area contributed by atoms with E-state index in [4.69, 9.17) is 42.5 Å². The molecule has 4 rings (SSSR count). The Bertz CT molecular complexity index is 1210. The van der Waals surface area contributed by atoms with Crippen LogP contribution in [-0.4, -0.2) is 23.0 Å². The summed E-state index contributed by atoms with van der Waals surface area (Å²) in [5.74, 6) is 0.808. The Morgan fingerprint density at radius 1 is 0.969 bits per heavy atom. The molecule has 0 saturated carbocycles. The highest BCUT2D eigenvalue weighted by Crippen LogP contribution is 2.38. The third-order valence-corrected chi connectivity index (χ3v) is 5.59. The molecule has 0 spiro atoms.